The summed E-state index contributed by atoms with van der Waals surface area (Å²) in [6.07, 6.45) is 0. The van der Waals surface area contributed by atoms with Crippen LogP contribution in [-0.4, -0.2) is 12.0 Å². The molecule has 0 saturated carbocycles. The third-order valence-electron chi connectivity index (χ3n) is 1.66. The second kappa shape index (κ2) is 3.33. The molecule has 68 valence electrons. The van der Waals surface area contributed by atoms with Crippen LogP contribution in [0.1, 0.15) is 0 Å². The van der Waals surface area contributed by atoms with Crippen molar-refractivity contribution in [1.29, 1.82) is 0 Å². The quantitative estimate of drug-likeness (QED) is 0.813. The SMILES string of the molecule is CNc1nc2c(Cl)ccc(Cl)c2s1. The van der Waals surface area contributed by atoms with Crippen molar-refractivity contribution in [3.8, 4) is 0 Å². The highest BCUT2D eigenvalue weighted by molar-refractivity contribution is 7.22. The smallest absolute Gasteiger partial charge is 0.183 e. The molecule has 1 aromatic carbocycles. The monoisotopic (exact) mass is 232 g/mol. The van der Waals surface area contributed by atoms with Crippen LogP contribution in [0.2, 0.25) is 10.0 Å². The van der Waals surface area contributed by atoms with Gasteiger partial charge in [0.05, 0.1) is 14.7 Å². The van der Waals surface area contributed by atoms with Gasteiger partial charge >= 0.3 is 0 Å². The Hall–Kier alpha value is -0.510. The number of hydrogen-bond donors (Lipinski definition) is 1. The number of halogens is 2. The zero-order valence-electron chi connectivity index (χ0n) is 6.77. The number of rotatable bonds is 1. The van der Waals surface area contributed by atoms with Crippen molar-refractivity contribution in [1.82, 2.24) is 4.98 Å². The maximum Gasteiger partial charge on any atom is 0.183 e. The van der Waals surface area contributed by atoms with Gasteiger partial charge in [0.1, 0.15) is 5.52 Å². The highest BCUT2D eigenvalue weighted by atomic mass is 35.5. The predicted octanol–water partition coefficient (Wildman–Crippen LogP) is 3.64. The van der Waals surface area contributed by atoms with E-state index in [0.29, 0.717) is 10.0 Å². The van der Waals surface area contributed by atoms with Crippen molar-refractivity contribution < 1.29 is 0 Å². The summed E-state index contributed by atoms with van der Waals surface area (Å²) in [6, 6.07) is 3.54. The summed E-state index contributed by atoms with van der Waals surface area (Å²) >= 11 is 13.4. The van der Waals surface area contributed by atoms with E-state index in [4.69, 9.17) is 23.2 Å². The van der Waals surface area contributed by atoms with Crippen LogP contribution in [0.5, 0.6) is 0 Å². The molecule has 0 aliphatic carbocycles. The van der Waals surface area contributed by atoms with E-state index in [0.717, 1.165) is 15.3 Å². The third-order valence-corrected chi connectivity index (χ3v) is 3.50. The van der Waals surface area contributed by atoms with E-state index in [1.165, 1.54) is 11.3 Å². The van der Waals surface area contributed by atoms with E-state index in [2.05, 4.69) is 10.3 Å². The molecule has 2 rings (SSSR count). The van der Waals surface area contributed by atoms with Crippen molar-refractivity contribution in [2.45, 2.75) is 0 Å². The largest absolute Gasteiger partial charge is 0.365 e. The molecule has 5 heteroatoms. The third kappa shape index (κ3) is 1.47. The van der Waals surface area contributed by atoms with Gasteiger partial charge in [-0.1, -0.05) is 34.5 Å². The van der Waals surface area contributed by atoms with Gasteiger partial charge < -0.3 is 5.32 Å². The first-order valence-corrected chi connectivity index (χ1v) is 5.22. The second-order valence-corrected chi connectivity index (χ2v) is 4.29. The Balaban J connectivity index is 2.80. The van der Waals surface area contributed by atoms with Crippen LogP contribution in [0.25, 0.3) is 10.2 Å². The van der Waals surface area contributed by atoms with Gasteiger partial charge in [0.15, 0.2) is 5.13 Å². The van der Waals surface area contributed by atoms with Crippen LogP contribution in [0.15, 0.2) is 12.1 Å². The molecular formula is C8H6Cl2N2S. The minimum atomic E-state index is 0.636. The summed E-state index contributed by atoms with van der Waals surface area (Å²) in [4.78, 5) is 4.28. The van der Waals surface area contributed by atoms with Crippen LogP contribution >= 0.6 is 34.5 Å². The zero-order valence-corrected chi connectivity index (χ0v) is 9.09. The minimum Gasteiger partial charge on any atom is -0.365 e. The lowest BCUT2D eigenvalue weighted by molar-refractivity contribution is 1.41. The van der Waals surface area contributed by atoms with E-state index in [1.807, 2.05) is 7.05 Å². The Bertz CT molecular complexity index is 414. The van der Waals surface area contributed by atoms with Gasteiger partial charge in [-0.05, 0) is 12.1 Å². The molecule has 0 spiro atoms. The molecule has 0 bridgehead atoms. The van der Waals surface area contributed by atoms with Crippen LogP contribution in [-0.2, 0) is 0 Å². The Morgan fingerprint density at radius 3 is 2.62 bits per heavy atom. The number of benzene rings is 1. The first kappa shape index (κ1) is 9.06. The summed E-state index contributed by atoms with van der Waals surface area (Å²) in [5, 5.41) is 5.11. The number of fused-ring (bicyclic) bond motifs is 1. The van der Waals surface area contributed by atoms with Crippen molar-refractivity contribution in [2.24, 2.45) is 0 Å². The Kier molecular flexibility index (Phi) is 2.32. The summed E-state index contributed by atoms with van der Waals surface area (Å²) in [5.74, 6) is 0. The fraction of sp³-hybridized carbons (Fsp3) is 0.125. The second-order valence-electron chi connectivity index (χ2n) is 2.48. The van der Waals surface area contributed by atoms with Crippen molar-refractivity contribution in [2.75, 3.05) is 12.4 Å². The van der Waals surface area contributed by atoms with E-state index in [9.17, 15) is 0 Å². The van der Waals surface area contributed by atoms with Crippen LogP contribution in [0.3, 0.4) is 0 Å². The maximum atomic E-state index is 5.98. The molecule has 0 radical (unpaired) electrons. The van der Waals surface area contributed by atoms with E-state index >= 15 is 0 Å². The number of anilines is 1. The lowest BCUT2D eigenvalue weighted by atomic mass is 10.3. The Labute approximate surface area is 89.5 Å². The number of aromatic nitrogens is 1. The topological polar surface area (TPSA) is 24.9 Å². The molecule has 2 aromatic rings. The first-order chi connectivity index (χ1) is 6.22. The van der Waals surface area contributed by atoms with E-state index in [1.54, 1.807) is 12.1 Å². The van der Waals surface area contributed by atoms with Crippen LogP contribution in [0, 0.1) is 0 Å². The number of nitrogens with one attached hydrogen (secondary N) is 1. The first-order valence-electron chi connectivity index (χ1n) is 3.64. The summed E-state index contributed by atoms with van der Waals surface area (Å²) in [7, 11) is 1.82. The summed E-state index contributed by atoms with van der Waals surface area (Å²) in [6.45, 7) is 0. The molecular weight excluding hydrogens is 227 g/mol. The van der Waals surface area contributed by atoms with Gasteiger partial charge in [-0.3, -0.25) is 0 Å². The zero-order chi connectivity index (χ0) is 9.42. The number of thiazole rings is 1. The highest BCUT2D eigenvalue weighted by Gasteiger charge is 2.08. The molecule has 0 saturated heterocycles. The van der Waals surface area contributed by atoms with Gasteiger partial charge in [-0.15, -0.1) is 0 Å². The molecule has 1 N–H and O–H groups in total. The molecule has 13 heavy (non-hydrogen) atoms. The number of nitrogens with zero attached hydrogens (tertiary/aromatic N) is 1. The predicted molar refractivity (Wildman–Crippen MR) is 59.2 cm³/mol. The molecule has 0 fully saturated rings. The molecule has 0 unspecified atom stereocenters. The Morgan fingerprint density at radius 2 is 2.00 bits per heavy atom. The van der Waals surface area contributed by atoms with Gasteiger partial charge in [-0.2, -0.15) is 0 Å². The van der Waals surface area contributed by atoms with Crippen LogP contribution < -0.4 is 5.32 Å². The molecule has 2 nitrogen and oxygen atoms in total. The minimum absolute atomic E-state index is 0.636. The van der Waals surface area contributed by atoms with Gasteiger partial charge in [0.2, 0.25) is 0 Å². The van der Waals surface area contributed by atoms with Crippen LogP contribution in [0.4, 0.5) is 5.13 Å². The fourth-order valence-corrected chi connectivity index (χ4v) is 2.43. The number of hydrogen-bond acceptors (Lipinski definition) is 3. The molecule has 0 aliphatic rings. The fourth-order valence-electron chi connectivity index (χ4n) is 1.05. The van der Waals surface area contributed by atoms with E-state index < -0.39 is 0 Å². The van der Waals surface area contributed by atoms with Gasteiger partial charge in [0, 0.05) is 7.05 Å². The summed E-state index contributed by atoms with van der Waals surface area (Å²) in [5.41, 5.74) is 0.767. The average Bonchev–Trinajstić information content (AvgIpc) is 2.56. The van der Waals surface area contributed by atoms with Gasteiger partial charge in [0.25, 0.3) is 0 Å². The Morgan fingerprint density at radius 1 is 1.31 bits per heavy atom. The standard InChI is InChI=1S/C8H6Cl2N2S/c1-11-8-12-6-4(9)2-3-5(10)7(6)13-8/h2-3H,1H3,(H,11,12). The maximum absolute atomic E-state index is 5.98. The van der Waals surface area contributed by atoms with Gasteiger partial charge in [-0.25, -0.2) is 4.98 Å². The van der Waals surface area contributed by atoms with Crippen molar-refractivity contribution in [3.63, 3.8) is 0 Å². The lowest BCUT2D eigenvalue weighted by Crippen LogP contribution is -1.84. The molecule has 1 heterocycles. The molecule has 0 atom stereocenters. The highest BCUT2D eigenvalue weighted by Crippen LogP contribution is 2.35. The molecule has 1 aromatic heterocycles. The average molecular weight is 233 g/mol. The molecule has 0 aliphatic heterocycles. The van der Waals surface area contributed by atoms with Crippen molar-refractivity contribution >= 4 is 49.9 Å². The van der Waals surface area contributed by atoms with E-state index in [-0.39, 0.29) is 0 Å². The summed E-state index contributed by atoms with van der Waals surface area (Å²) < 4.78 is 0.929. The van der Waals surface area contributed by atoms with Crippen molar-refractivity contribution in [3.05, 3.63) is 22.2 Å². The normalized spacial score (nSPS) is 10.7. The lowest BCUT2D eigenvalue weighted by Gasteiger charge is -1.92. The molecule has 0 amide bonds.